The van der Waals surface area contributed by atoms with Gasteiger partial charge in [-0.15, -0.1) is 0 Å². The van der Waals surface area contributed by atoms with Crippen LogP contribution in [0.1, 0.15) is 0 Å². The standard InChI is InChI=1S/C41H25N3/c1-2-9-34-32(7-1)33-8-3-4-10-35(33)37-24-30(17-20-36(34)37)39-22-19-29-16-15-28-18-21-38(43-40(28)41(29)44-39)27-13-11-26(12-14-27)31-6-5-23-42-25-31/h1-25H. The molecule has 3 nitrogen and oxygen atoms in total. The van der Waals surface area contributed by atoms with Gasteiger partial charge in [0.1, 0.15) is 0 Å². The van der Waals surface area contributed by atoms with Gasteiger partial charge in [-0.3, -0.25) is 4.98 Å². The molecule has 9 rings (SSSR count). The van der Waals surface area contributed by atoms with Crippen LogP contribution in [-0.4, -0.2) is 15.0 Å². The molecule has 3 heteroatoms. The molecule has 0 unspecified atom stereocenters. The zero-order chi connectivity index (χ0) is 29.0. The lowest BCUT2D eigenvalue weighted by Gasteiger charge is -2.12. The number of pyridine rings is 3. The van der Waals surface area contributed by atoms with E-state index >= 15 is 0 Å². The van der Waals surface area contributed by atoms with Crippen molar-refractivity contribution in [3.63, 3.8) is 0 Å². The van der Waals surface area contributed by atoms with Crippen LogP contribution in [0.4, 0.5) is 0 Å². The third kappa shape index (κ3) is 3.94. The molecule has 0 aliphatic carbocycles. The summed E-state index contributed by atoms with van der Waals surface area (Å²) in [6.45, 7) is 0. The predicted octanol–water partition coefficient (Wildman–Crippen LogP) is 10.6. The topological polar surface area (TPSA) is 38.7 Å². The van der Waals surface area contributed by atoms with Crippen LogP contribution in [-0.2, 0) is 0 Å². The largest absolute Gasteiger partial charge is 0.264 e. The summed E-state index contributed by atoms with van der Waals surface area (Å²) in [5.41, 5.74) is 8.10. The smallest absolute Gasteiger partial charge is 0.0972 e. The predicted molar refractivity (Wildman–Crippen MR) is 184 cm³/mol. The van der Waals surface area contributed by atoms with E-state index in [1.54, 1.807) is 6.20 Å². The summed E-state index contributed by atoms with van der Waals surface area (Å²) in [5.74, 6) is 0. The van der Waals surface area contributed by atoms with Gasteiger partial charge >= 0.3 is 0 Å². The minimum absolute atomic E-state index is 0.912. The average Bonchev–Trinajstić information content (AvgIpc) is 3.11. The normalized spacial score (nSPS) is 11.6. The first kappa shape index (κ1) is 24.6. The van der Waals surface area contributed by atoms with Gasteiger partial charge < -0.3 is 0 Å². The van der Waals surface area contributed by atoms with Crippen LogP contribution in [0, 0.1) is 0 Å². The van der Waals surface area contributed by atoms with E-state index in [1.807, 2.05) is 12.3 Å². The van der Waals surface area contributed by atoms with E-state index in [9.17, 15) is 0 Å². The molecule has 9 aromatic rings. The van der Waals surface area contributed by atoms with Crippen LogP contribution < -0.4 is 0 Å². The highest BCUT2D eigenvalue weighted by Crippen LogP contribution is 2.37. The molecule has 0 radical (unpaired) electrons. The first-order valence-electron chi connectivity index (χ1n) is 14.9. The fourth-order valence-electron chi connectivity index (χ4n) is 6.52. The maximum absolute atomic E-state index is 5.24. The zero-order valence-electron chi connectivity index (χ0n) is 23.8. The second-order valence-electron chi connectivity index (χ2n) is 11.3. The highest BCUT2D eigenvalue weighted by atomic mass is 14.8. The Labute approximate surface area is 254 Å². The Hall–Kier alpha value is -5.93. The average molecular weight is 560 g/mol. The number of fused-ring (bicyclic) bond motifs is 9. The summed E-state index contributed by atoms with van der Waals surface area (Å²) in [7, 11) is 0. The van der Waals surface area contributed by atoms with Crippen molar-refractivity contribution in [1.82, 2.24) is 15.0 Å². The Balaban J connectivity index is 1.19. The van der Waals surface area contributed by atoms with E-state index in [1.165, 1.54) is 32.3 Å². The van der Waals surface area contributed by atoms with E-state index in [4.69, 9.17) is 9.97 Å². The van der Waals surface area contributed by atoms with Gasteiger partial charge in [-0.05, 0) is 67.7 Å². The Morgan fingerprint density at radius 1 is 0.341 bits per heavy atom. The van der Waals surface area contributed by atoms with Crippen LogP contribution in [0.25, 0.3) is 87.8 Å². The molecule has 0 saturated carbocycles. The SMILES string of the molecule is c1cncc(-c2ccc(-c3ccc4ccc5ccc(-c6ccc7c8ccccc8c8ccccc8c7c6)nc5c4n3)cc2)c1. The van der Waals surface area contributed by atoms with Crippen LogP contribution >= 0.6 is 0 Å². The molecule has 3 aromatic heterocycles. The van der Waals surface area contributed by atoms with Crippen molar-refractivity contribution >= 4 is 54.1 Å². The molecular weight excluding hydrogens is 534 g/mol. The van der Waals surface area contributed by atoms with E-state index in [0.29, 0.717) is 0 Å². The molecule has 0 bridgehead atoms. The fraction of sp³-hybridized carbons (Fsp3) is 0. The number of nitrogens with zero attached hydrogens (tertiary/aromatic N) is 3. The van der Waals surface area contributed by atoms with Crippen molar-refractivity contribution in [3.8, 4) is 33.6 Å². The zero-order valence-corrected chi connectivity index (χ0v) is 23.8. The summed E-state index contributed by atoms with van der Waals surface area (Å²) in [6.07, 6.45) is 3.68. The molecular formula is C41H25N3. The number of aromatic nitrogens is 3. The quantitative estimate of drug-likeness (QED) is 0.202. The van der Waals surface area contributed by atoms with Crippen molar-refractivity contribution in [2.75, 3.05) is 0 Å². The lowest BCUT2D eigenvalue weighted by Crippen LogP contribution is -1.91. The summed E-state index contributed by atoms with van der Waals surface area (Å²) in [5, 5.41) is 9.75. The maximum atomic E-state index is 5.24. The Bertz CT molecular complexity index is 2500. The van der Waals surface area contributed by atoms with Gasteiger partial charge in [0, 0.05) is 34.3 Å². The first-order valence-corrected chi connectivity index (χ1v) is 14.9. The van der Waals surface area contributed by atoms with E-state index in [0.717, 1.165) is 55.4 Å². The summed E-state index contributed by atoms with van der Waals surface area (Å²) < 4.78 is 0. The van der Waals surface area contributed by atoms with Crippen molar-refractivity contribution in [1.29, 1.82) is 0 Å². The first-order chi connectivity index (χ1) is 21.8. The van der Waals surface area contributed by atoms with Gasteiger partial charge in [0.15, 0.2) is 0 Å². The third-order valence-corrected chi connectivity index (χ3v) is 8.74. The number of hydrogen-bond donors (Lipinski definition) is 0. The van der Waals surface area contributed by atoms with Gasteiger partial charge in [0.2, 0.25) is 0 Å². The summed E-state index contributed by atoms with van der Waals surface area (Å²) in [6, 6.07) is 49.5. The highest BCUT2D eigenvalue weighted by molar-refractivity contribution is 6.25. The molecule has 0 atom stereocenters. The molecule has 204 valence electrons. The summed E-state index contributed by atoms with van der Waals surface area (Å²) in [4.78, 5) is 14.7. The molecule has 0 saturated heterocycles. The van der Waals surface area contributed by atoms with Crippen molar-refractivity contribution in [2.45, 2.75) is 0 Å². The molecule has 0 N–H and O–H groups in total. The molecule has 6 aromatic carbocycles. The van der Waals surface area contributed by atoms with Crippen molar-refractivity contribution < 1.29 is 0 Å². The second kappa shape index (κ2) is 9.82. The molecule has 44 heavy (non-hydrogen) atoms. The molecule has 0 aliphatic rings. The maximum Gasteiger partial charge on any atom is 0.0972 e. The van der Waals surface area contributed by atoms with Gasteiger partial charge in [-0.25, -0.2) is 9.97 Å². The van der Waals surface area contributed by atoms with Gasteiger partial charge in [-0.2, -0.15) is 0 Å². The van der Waals surface area contributed by atoms with E-state index < -0.39 is 0 Å². The van der Waals surface area contributed by atoms with Gasteiger partial charge in [0.05, 0.1) is 22.4 Å². The Kier molecular flexibility index (Phi) is 5.50. The van der Waals surface area contributed by atoms with Gasteiger partial charge in [-0.1, -0.05) is 115 Å². The lowest BCUT2D eigenvalue weighted by molar-refractivity contribution is 1.33. The van der Waals surface area contributed by atoms with Crippen molar-refractivity contribution in [3.05, 3.63) is 152 Å². The number of rotatable bonds is 3. The van der Waals surface area contributed by atoms with Crippen LogP contribution in [0.3, 0.4) is 0 Å². The van der Waals surface area contributed by atoms with E-state index in [-0.39, 0.29) is 0 Å². The minimum atomic E-state index is 0.912. The minimum Gasteiger partial charge on any atom is -0.264 e. The lowest BCUT2D eigenvalue weighted by atomic mass is 9.93. The van der Waals surface area contributed by atoms with Crippen LogP contribution in [0.15, 0.2) is 152 Å². The molecule has 0 spiro atoms. The van der Waals surface area contributed by atoms with Crippen LogP contribution in [0.5, 0.6) is 0 Å². The fourth-order valence-corrected chi connectivity index (χ4v) is 6.52. The Morgan fingerprint density at radius 2 is 0.841 bits per heavy atom. The van der Waals surface area contributed by atoms with Crippen LogP contribution in [0.2, 0.25) is 0 Å². The molecule has 0 aliphatic heterocycles. The summed E-state index contributed by atoms with van der Waals surface area (Å²) >= 11 is 0. The van der Waals surface area contributed by atoms with E-state index in [2.05, 4.69) is 138 Å². The Morgan fingerprint density at radius 3 is 1.43 bits per heavy atom. The number of hydrogen-bond acceptors (Lipinski definition) is 3. The molecule has 0 fully saturated rings. The highest BCUT2D eigenvalue weighted by Gasteiger charge is 2.12. The van der Waals surface area contributed by atoms with Crippen molar-refractivity contribution in [2.24, 2.45) is 0 Å². The molecule has 0 amide bonds. The third-order valence-electron chi connectivity index (χ3n) is 8.74. The second-order valence-corrected chi connectivity index (χ2v) is 11.3. The monoisotopic (exact) mass is 559 g/mol. The molecule has 3 heterocycles. The van der Waals surface area contributed by atoms with Gasteiger partial charge in [0.25, 0.3) is 0 Å². The number of benzene rings is 6.